The minimum atomic E-state index is -0.366. The molecule has 0 radical (unpaired) electrons. The first-order valence-corrected chi connectivity index (χ1v) is 7.87. The molecule has 1 aliphatic rings. The maximum Gasteiger partial charge on any atom is 0.223 e. The molecule has 1 atom stereocenters. The first-order valence-electron chi connectivity index (χ1n) is 7.87. The fourth-order valence-electron chi connectivity index (χ4n) is 2.58. The van der Waals surface area contributed by atoms with Crippen molar-refractivity contribution in [2.45, 2.75) is 38.5 Å². The van der Waals surface area contributed by atoms with Crippen LogP contribution < -0.4 is 11.1 Å². The summed E-state index contributed by atoms with van der Waals surface area (Å²) < 4.78 is 5.73. The maximum atomic E-state index is 12.1. The SMILES string of the molecule is CC(C)(CN)NC(=O)CC1CN(Cc2ccccc2)CCO1.Cl.Cl. The number of ether oxygens (including phenoxy) is 1. The second kappa shape index (κ2) is 10.9. The van der Waals surface area contributed by atoms with Crippen LogP contribution in [0.15, 0.2) is 30.3 Å². The Morgan fingerprint density at radius 2 is 2.00 bits per heavy atom. The Labute approximate surface area is 157 Å². The van der Waals surface area contributed by atoms with Crippen molar-refractivity contribution in [3.8, 4) is 0 Å². The van der Waals surface area contributed by atoms with Crippen LogP contribution in [0.3, 0.4) is 0 Å². The number of carbonyl (C=O) groups is 1. The summed E-state index contributed by atoms with van der Waals surface area (Å²) in [7, 11) is 0. The molecule has 1 fully saturated rings. The second-order valence-electron chi connectivity index (χ2n) is 6.55. The third kappa shape index (κ3) is 7.81. The molecule has 0 bridgehead atoms. The van der Waals surface area contributed by atoms with E-state index >= 15 is 0 Å². The Balaban J connectivity index is 0.00000264. The molecule has 1 amide bonds. The molecule has 0 spiro atoms. The molecule has 1 aromatic carbocycles. The van der Waals surface area contributed by atoms with Gasteiger partial charge in [0, 0.05) is 31.7 Å². The van der Waals surface area contributed by atoms with Gasteiger partial charge in [-0.15, -0.1) is 24.8 Å². The first-order chi connectivity index (χ1) is 10.5. The lowest BCUT2D eigenvalue weighted by Crippen LogP contribution is -2.51. The minimum Gasteiger partial charge on any atom is -0.375 e. The number of rotatable bonds is 6. The number of halogens is 2. The lowest BCUT2D eigenvalue weighted by Gasteiger charge is -2.33. The van der Waals surface area contributed by atoms with Crippen molar-refractivity contribution < 1.29 is 9.53 Å². The van der Waals surface area contributed by atoms with E-state index in [0.29, 0.717) is 19.6 Å². The molecule has 24 heavy (non-hydrogen) atoms. The molecule has 0 saturated carbocycles. The first kappa shape index (κ1) is 23.1. The van der Waals surface area contributed by atoms with E-state index in [1.54, 1.807) is 0 Å². The smallest absolute Gasteiger partial charge is 0.223 e. The summed E-state index contributed by atoms with van der Waals surface area (Å²) in [5, 5.41) is 2.96. The van der Waals surface area contributed by atoms with Gasteiger partial charge in [0.15, 0.2) is 0 Å². The molecular formula is C17H29Cl2N3O2. The van der Waals surface area contributed by atoms with Crippen LogP contribution in [0, 0.1) is 0 Å². The zero-order valence-corrected chi connectivity index (χ0v) is 16.0. The summed E-state index contributed by atoms with van der Waals surface area (Å²) in [6, 6.07) is 10.4. The summed E-state index contributed by atoms with van der Waals surface area (Å²) >= 11 is 0. The van der Waals surface area contributed by atoms with E-state index < -0.39 is 0 Å². The molecule has 1 aromatic rings. The minimum absolute atomic E-state index is 0. The van der Waals surface area contributed by atoms with Crippen molar-refractivity contribution >= 4 is 30.7 Å². The average Bonchev–Trinajstić information content (AvgIpc) is 2.48. The molecular weight excluding hydrogens is 349 g/mol. The van der Waals surface area contributed by atoms with E-state index in [0.717, 1.165) is 19.6 Å². The Bertz CT molecular complexity index is 486. The lowest BCUT2D eigenvalue weighted by atomic mass is 10.1. The summed E-state index contributed by atoms with van der Waals surface area (Å²) in [6.07, 6.45) is 0.334. The normalized spacial score (nSPS) is 18.2. The summed E-state index contributed by atoms with van der Waals surface area (Å²) in [6.45, 7) is 7.53. The monoisotopic (exact) mass is 377 g/mol. The highest BCUT2D eigenvalue weighted by atomic mass is 35.5. The van der Waals surface area contributed by atoms with Gasteiger partial charge < -0.3 is 15.8 Å². The van der Waals surface area contributed by atoms with Gasteiger partial charge in [0.2, 0.25) is 5.91 Å². The van der Waals surface area contributed by atoms with Crippen LogP contribution >= 0.6 is 24.8 Å². The third-order valence-corrected chi connectivity index (χ3v) is 3.87. The highest BCUT2D eigenvalue weighted by Crippen LogP contribution is 2.13. The fourth-order valence-corrected chi connectivity index (χ4v) is 2.58. The number of nitrogens with one attached hydrogen (secondary N) is 1. The Morgan fingerprint density at radius 1 is 1.33 bits per heavy atom. The number of hydrogen-bond donors (Lipinski definition) is 2. The molecule has 138 valence electrons. The highest BCUT2D eigenvalue weighted by molar-refractivity contribution is 5.85. The number of morpholine rings is 1. The van der Waals surface area contributed by atoms with E-state index in [-0.39, 0.29) is 42.4 Å². The van der Waals surface area contributed by atoms with Gasteiger partial charge in [0.05, 0.1) is 19.1 Å². The number of nitrogens with zero attached hydrogens (tertiary/aromatic N) is 1. The largest absolute Gasteiger partial charge is 0.375 e. The van der Waals surface area contributed by atoms with Gasteiger partial charge in [-0.2, -0.15) is 0 Å². The van der Waals surface area contributed by atoms with E-state index in [2.05, 4.69) is 34.5 Å². The van der Waals surface area contributed by atoms with Crippen LogP contribution in [0.25, 0.3) is 0 Å². The Hall–Kier alpha value is -0.850. The van der Waals surface area contributed by atoms with Gasteiger partial charge in [-0.05, 0) is 19.4 Å². The lowest BCUT2D eigenvalue weighted by molar-refractivity contribution is -0.127. The molecule has 1 unspecified atom stereocenters. The van der Waals surface area contributed by atoms with Gasteiger partial charge >= 0.3 is 0 Å². The average molecular weight is 378 g/mol. The van der Waals surface area contributed by atoms with Gasteiger partial charge in [-0.3, -0.25) is 9.69 Å². The standard InChI is InChI=1S/C17H27N3O2.2ClH/c1-17(2,13-18)19-16(21)10-15-12-20(8-9-22-15)11-14-6-4-3-5-7-14;;/h3-7,15H,8-13,18H2,1-2H3,(H,19,21);2*1H. The second-order valence-corrected chi connectivity index (χ2v) is 6.55. The topological polar surface area (TPSA) is 67.6 Å². The predicted molar refractivity (Wildman–Crippen MR) is 102 cm³/mol. The molecule has 2 rings (SSSR count). The highest BCUT2D eigenvalue weighted by Gasteiger charge is 2.25. The maximum absolute atomic E-state index is 12.1. The van der Waals surface area contributed by atoms with Crippen LogP contribution in [0.4, 0.5) is 0 Å². The Kier molecular flexibility index (Phi) is 10.5. The number of amides is 1. The molecule has 0 aromatic heterocycles. The van der Waals surface area contributed by atoms with E-state index in [4.69, 9.17) is 10.5 Å². The molecule has 1 heterocycles. The zero-order valence-electron chi connectivity index (χ0n) is 14.4. The summed E-state index contributed by atoms with van der Waals surface area (Å²) in [5.74, 6) is 0.00186. The van der Waals surface area contributed by atoms with Gasteiger partial charge in [0.1, 0.15) is 0 Å². The van der Waals surface area contributed by atoms with E-state index in [1.807, 2.05) is 19.9 Å². The predicted octanol–water partition coefficient (Wildman–Crippen LogP) is 1.97. The van der Waals surface area contributed by atoms with Gasteiger partial charge in [-0.1, -0.05) is 30.3 Å². The number of benzene rings is 1. The van der Waals surface area contributed by atoms with E-state index in [1.165, 1.54) is 5.56 Å². The van der Waals surface area contributed by atoms with Crippen molar-refractivity contribution in [3.63, 3.8) is 0 Å². The van der Waals surface area contributed by atoms with Crippen molar-refractivity contribution in [2.24, 2.45) is 5.73 Å². The van der Waals surface area contributed by atoms with E-state index in [9.17, 15) is 4.79 Å². The molecule has 0 aliphatic carbocycles. The summed E-state index contributed by atoms with van der Waals surface area (Å²) in [5.41, 5.74) is 6.56. The van der Waals surface area contributed by atoms with Crippen LogP contribution in [0.5, 0.6) is 0 Å². The molecule has 5 nitrogen and oxygen atoms in total. The van der Waals surface area contributed by atoms with Crippen LogP contribution in [0.2, 0.25) is 0 Å². The fraction of sp³-hybridized carbons (Fsp3) is 0.588. The zero-order chi connectivity index (χ0) is 16.0. The quantitative estimate of drug-likeness (QED) is 0.794. The number of carbonyl (C=O) groups excluding carboxylic acids is 1. The van der Waals surface area contributed by atoms with Crippen LogP contribution in [0.1, 0.15) is 25.8 Å². The third-order valence-electron chi connectivity index (χ3n) is 3.87. The van der Waals surface area contributed by atoms with Crippen LogP contribution in [-0.2, 0) is 16.1 Å². The Morgan fingerprint density at radius 3 is 2.62 bits per heavy atom. The van der Waals surface area contributed by atoms with Crippen molar-refractivity contribution in [2.75, 3.05) is 26.2 Å². The number of hydrogen-bond acceptors (Lipinski definition) is 4. The van der Waals surface area contributed by atoms with Crippen molar-refractivity contribution in [1.29, 1.82) is 0 Å². The summed E-state index contributed by atoms with van der Waals surface area (Å²) in [4.78, 5) is 14.4. The van der Waals surface area contributed by atoms with Gasteiger partial charge in [-0.25, -0.2) is 0 Å². The molecule has 3 N–H and O–H groups in total. The van der Waals surface area contributed by atoms with Crippen molar-refractivity contribution in [1.82, 2.24) is 10.2 Å². The molecule has 1 saturated heterocycles. The van der Waals surface area contributed by atoms with Gasteiger partial charge in [0.25, 0.3) is 0 Å². The van der Waals surface area contributed by atoms with Crippen LogP contribution in [-0.4, -0.2) is 48.7 Å². The number of nitrogens with two attached hydrogens (primary N) is 1. The van der Waals surface area contributed by atoms with Crippen molar-refractivity contribution in [3.05, 3.63) is 35.9 Å². The molecule has 1 aliphatic heterocycles. The molecule has 7 heteroatoms.